The highest BCUT2D eigenvalue weighted by Gasteiger charge is 2.35. The van der Waals surface area contributed by atoms with Crippen molar-refractivity contribution in [2.75, 3.05) is 13.1 Å². The molecule has 0 atom stereocenters. The Balaban J connectivity index is 1.75. The van der Waals surface area contributed by atoms with Crippen LogP contribution in [0.5, 0.6) is 5.88 Å². The number of aromatic nitrogens is 2. The van der Waals surface area contributed by atoms with Gasteiger partial charge >= 0.3 is 0 Å². The molecule has 0 unspecified atom stereocenters. The number of likely N-dealkylation sites (tertiary alicyclic amines) is 1. The molecule has 1 fully saturated rings. The molecule has 2 aromatic rings. The Bertz CT molecular complexity index is 681. The topological polar surface area (TPSA) is 46.8 Å². The van der Waals surface area contributed by atoms with Gasteiger partial charge in [0.25, 0.3) is 5.56 Å². The van der Waals surface area contributed by atoms with Gasteiger partial charge in [0, 0.05) is 24.8 Å². The summed E-state index contributed by atoms with van der Waals surface area (Å²) in [6.45, 7) is 8.30. The third-order valence-corrected chi connectivity index (χ3v) is 3.63. The fraction of sp³-hybridized carbons (Fsp3) is 0.467. The summed E-state index contributed by atoms with van der Waals surface area (Å²) in [5.41, 5.74) is 0.663. The Morgan fingerprint density at radius 1 is 1.30 bits per heavy atom. The summed E-state index contributed by atoms with van der Waals surface area (Å²) in [5.74, 6) is 0.416. The molecule has 3 rings (SSSR count). The zero-order valence-corrected chi connectivity index (χ0v) is 12.0. The first-order valence-corrected chi connectivity index (χ1v) is 6.84. The maximum atomic E-state index is 11.9. The molecule has 2 aromatic heterocycles. The van der Waals surface area contributed by atoms with Crippen LogP contribution in [0.2, 0.25) is 0 Å². The Labute approximate surface area is 117 Å². The molecular formula is C15H19N3O2. The molecule has 0 radical (unpaired) electrons. The fourth-order valence-corrected chi connectivity index (χ4v) is 2.32. The maximum absolute atomic E-state index is 11.9. The highest BCUT2D eigenvalue weighted by molar-refractivity contribution is 5.39. The molecule has 1 aliphatic heterocycles. The van der Waals surface area contributed by atoms with Gasteiger partial charge in [0.05, 0.1) is 6.07 Å². The van der Waals surface area contributed by atoms with E-state index >= 15 is 0 Å². The summed E-state index contributed by atoms with van der Waals surface area (Å²) in [4.78, 5) is 18.6. The van der Waals surface area contributed by atoms with Gasteiger partial charge in [-0.2, -0.15) is 4.98 Å². The van der Waals surface area contributed by atoms with Crippen LogP contribution in [0.15, 0.2) is 35.3 Å². The second-order valence-electron chi connectivity index (χ2n) is 6.18. The molecule has 0 bridgehead atoms. The molecule has 1 saturated heterocycles. The van der Waals surface area contributed by atoms with Crippen molar-refractivity contribution in [2.24, 2.45) is 0 Å². The number of hydrogen-bond donors (Lipinski definition) is 0. The van der Waals surface area contributed by atoms with Crippen LogP contribution in [-0.4, -0.2) is 39.0 Å². The molecular weight excluding hydrogens is 254 g/mol. The van der Waals surface area contributed by atoms with Crippen LogP contribution in [0.3, 0.4) is 0 Å². The van der Waals surface area contributed by atoms with Gasteiger partial charge in [-0.3, -0.25) is 14.1 Å². The van der Waals surface area contributed by atoms with Gasteiger partial charge in [-0.25, -0.2) is 0 Å². The van der Waals surface area contributed by atoms with Crippen molar-refractivity contribution >= 4 is 5.65 Å². The van der Waals surface area contributed by atoms with E-state index in [-0.39, 0.29) is 17.2 Å². The highest BCUT2D eigenvalue weighted by Crippen LogP contribution is 2.23. The van der Waals surface area contributed by atoms with Crippen LogP contribution in [-0.2, 0) is 0 Å². The Morgan fingerprint density at radius 2 is 2.05 bits per heavy atom. The highest BCUT2D eigenvalue weighted by atomic mass is 16.5. The van der Waals surface area contributed by atoms with Crippen LogP contribution in [0.25, 0.3) is 5.65 Å². The van der Waals surface area contributed by atoms with Crippen molar-refractivity contribution < 1.29 is 4.74 Å². The first-order chi connectivity index (χ1) is 9.43. The number of hydrogen-bond acceptors (Lipinski definition) is 4. The number of ether oxygens (including phenoxy) is 1. The van der Waals surface area contributed by atoms with Crippen molar-refractivity contribution in [3.05, 3.63) is 40.8 Å². The van der Waals surface area contributed by atoms with E-state index in [4.69, 9.17) is 4.74 Å². The predicted octanol–water partition coefficient (Wildman–Crippen LogP) is 1.56. The summed E-state index contributed by atoms with van der Waals surface area (Å²) in [7, 11) is 0. The zero-order valence-electron chi connectivity index (χ0n) is 12.0. The van der Waals surface area contributed by atoms with Gasteiger partial charge in [0.2, 0.25) is 5.88 Å². The second-order valence-corrected chi connectivity index (χ2v) is 6.18. The summed E-state index contributed by atoms with van der Waals surface area (Å²) in [5, 5.41) is 0. The maximum Gasteiger partial charge on any atom is 0.261 e. The van der Waals surface area contributed by atoms with Crippen LogP contribution in [0.4, 0.5) is 0 Å². The number of rotatable bonds is 2. The molecule has 5 nitrogen and oxygen atoms in total. The predicted molar refractivity (Wildman–Crippen MR) is 77.2 cm³/mol. The average Bonchev–Trinajstić information content (AvgIpc) is 2.32. The van der Waals surface area contributed by atoms with E-state index in [2.05, 4.69) is 30.7 Å². The third kappa shape index (κ3) is 2.41. The fourth-order valence-electron chi connectivity index (χ4n) is 2.32. The summed E-state index contributed by atoms with van der Waals surface area (Å²) in [6.07, 6.45) is 1.83. The lowest BCUT2D eigenvalue weighted by Crippen LogP contribution is -2.60. The lowest BCUT2D eigenvalue weighted by molar-refractivity contribution is -0.0367. The lowest BCUT2D eigenvalue weighted by atomic mass is 9.99. The van der Waals surface area contributed by atoms with Crippen molar-refractivity contribution in [3.63, 3.8) is 0 Å². The number of fused-ring (bicyclic) bond motifs is 1. The molecule has 1 aliphatic rings. The molecule has 0 aliphatic carbocycles. The van der Waals surface area contributed by atoms with E-state index in [1.165, 1.54) is 10.5 Å². The van der Waals surface area contributed by atoms with Crippen molar-refractivity contribution in [3.8, 4) is 5.88 Å². The van der Waals surface area contributed by atoms with Gasteiger partial charge in [0.15, 0.2) is 0 Å². The number of pyridine rings is 1. The van der Waals surface area contributed by atoms with Crippen molar-refractivity contribution in [2.45, 2.75) is 32.4 Å². The van der Waals surface area contributed by atoms with E-state index in [1.807, 2.05) is 12.1 Å². The minimum atomic E-state index is -0.113. The first kappa shape index (κ1) is 13.1. The summed E-state index contributed by atoms with van der Waals surface area (Å²) in [6, 6.07) is 6.92. The minimum absolute atomic E-state index is 0.113. The molecule has 0 amide bonds. The van der Waals surface area contributed by atoms with Crippen molar-refractivity contribution in [1.29, 1.82) is 0 Å². The minimum Gasteiger partial charge on any atom is -0.471 e. The van der Waals surface area contributed by atoms with Crippen LogP contribution in [0.1, 0.15) is 20.8 Å². The van der Waals surface area contributed by atoms with E-state index in [9.17, 15) is 4.79 Å². The Hall–Kier alpha value is -1.88. The van der Waals surface area contributed by atoms with E-state index in [0.717, 1.165) is 13.1 Å². The van der Waals surface area contributed by atoms with E-state index in [0.29, 0.717) is 11.5 Å². The largest absolute Gasteiger partial charge is 0.471 e. The molecule has 3 heterocycles. The summed E-state index contributed by atoms with van der Waals surface area (Å²) >= 11 is 0. The molecule has 106 valence electrons. The second kappa shape index (κ2) is 4.59. The molecule has 0 spiro atoms. The molecule has 0 aromatic carbocycles. The van der Waals surface area contributed by atoms with Crippen molar-refractivity contribution in [1.82, 2.24) is 14.3 Å². The quantitative estimate of drug-likeness (QED) is 0.833. The monoisotopic (exact) mass is 273 g/mol. The van der Waals surface area contributed by atoms with Crippen LogP contribution >= 0.6 is 0 Å². The summed E-state index contributed by atoms with van der Waals surface area (Å²) < 4.78 is 7.31. The Morgan fingerprint density at radius 3 is 2.75 bits per heavy atom. The van der Waals surface area contributed by atoms with E-state index < -0.39 is 0 Å². The van der Waals surface area contributed by atoms with Crippen LogP contribution in [0, 0.1) is 0 Å². The van der Waals surface area contributed by atoms with Crippen LogP contribution < -0.4 is 10.3 Å². The first-order valence-electron chi connectivity index (χ1n) is 6.84. The van der Waals surface area contributed by atoms with Gasteiger partial charge in [-0.05, 0) is 32.9 Å². The van der Waals surface area contributed by atoms with E-state index in [1.54, 1.807) is 12.3 Å². The van der Waals surface area contributed by atoms with Gasteiger partial charge in [-0.15, -0.1) is 0 Å². The molecule has 5 heteroatoms. The average molecular weight is 273 g/mol. The Kier molecular flexibility index (Phi) is 3.01. The third-order valence-electron chi connectivity index (χ3n) is 3.63. The molecule has 0 saturated carbocycles. The standard InChI is InChI=1S/C15H19N3O2/c1-15(2,3)17-9-11(10-17)20-13-8-14(19)18-7-5-4-6-12(18)16-13/h4-8,11H,9-10H2,1-3H3. The molecule has 20 heavy (non-hydrogen) atoms. The zero-order chi connectivity index (χ0) is 14.3. The normalized spacial score (nSPS) is 17.1. The number of nitrogens with zero attached hydrogens (tertiary/aromatic N) is 3. The van der Waals surface area contributed by atoms with Gasteiger partial charge < -0.3 is 4.74 Å². The molecule has 0 N–H and O–H groups in total. The smallest absolute Gasteiger partial charge is 0.261 e. The van der Waals surface area contributed by atoms with Gasteiger partial charge in [0.1, 0.15) is 11.8 Å². The van der Waals surface area contributed by atoms with Gasteiger partial charge in [-0.1, -0.05) is 6.07 Å². The lowest BCUT2D eigenvalue weighted by Gasteiger charge is -2.46. The SMILES string of the molecule is CC(C)(C)N1CC(Oc2cc(=O)n3ccccc3n2)C1.